The first-order valence-electron chi connectivity index (χ1n) is 14.5. The highest BCUT2D eigenvalue weighted by molar-refractivity contribution is 7.84. The van der Waals surface area contributed by atoms with E-state index in [2.05, 4.69) is 52.5 Å². The smallest absolute Gasteiger partial charge is 0.333 e. The van der Waals surface area contributed by atoms with E-state index in [1.165, 1.54) is 60.7 Å². The number of hydrogen-bond donors (Lipinski definition) is 1. The van der Waals surface area contributed by atoms with Crippen LogP contribution in [0.4, 0.5) is 0 Å². The third-order valence-corrected chi connectivity index (χ3v) is 9.85. The number of benzene rings is 1. The Labute approximate surface area is 223 Å². The molecule has 37 heavy (non-hydrogen) atoms. The quantitative estimate of drug-likeness (QED) is 0.501. The second-order valence-corrected chi connectivity index (χ2v) is 13.2. The minimum absolute atomic E-state index is 0.0834. The second-order valence-electron chi connectivity index (χ2n) is 11.9. The van der Waals surface area contributed by atoms with E-state index in [1.807, 2.05) is 0 Å². The summed E-state index contributed by atoms with van der Waals surface area (Å²) in [5.74, 6) is 1.70. The van der Waals surface area contributed by atoms with E-state index in [4.69, 9.17) is 9.32 Å². The molecule has 3 aliphatic rings. The Morgan fingerprint density at radius 3 is 2.27 bits per heavy atom. The number of likely N-dealkylation sites (tertiary alicyclic amines) is 2. The zero-order chi connectivity index (χ0) is 26.0. The lowest BCUT2D eigenvalue weighted by molar-refractivity contribution is 0.0888. The summed E-state index contributed by atoms with van der Waals surface area (Å²) in [5, 5.41) is 6.47. The van der Waals surface area contributed by atoms with Gasteiger partial charge in [0, 0.05) is 54.7 Å². The highest BCUT2D eigenvalue weighted by Gasteiger charge is 2.32. The van der Waals surface area contributed by atoms with Crippen molar-refractivity contribution in [2.45, 2.75) is 90.3 Å². The molecule has 3 heterocycles. The molecule has 1 aromatic heterocycles. The zero-order valence-corrected chi connectivity index (χ0v) is 23.6. The van der Waals surface area contributed by atoms with Crippen molar-refractivity contribution in [1.29, 1.82) is 0 Å². The molecule has 0 atom stereocenters. The van der Waals surface area contributed by atoms with E-state index in [0.29, 0.717) is 12.5 Å². The molecule has 0 spiro atoms. The van der Waals surface area contributed by atoms with Crippen molar-refractivity contribution < 1.29 is 12.6 Å². The summed E-state index contributed by atoms with van der Waals surface area (Å²) in [6.45, 7) is 10.3. The minimum Gasteiger partial charge on any atom is -0.341 e. The minimum atomic E-state index is -3.95. The van der Waals surface area contributed by atoms with Gasteiger partial charge in [-0.25, -0.2) is 5.14 Å². The van der Waals surface area contributed by atoms with Crippen molar-refractivity contribution in [2.24, 2.45) is 17.0 Å². The van der Waals surface area contributed by atoms with E-state index in [-0.39, 0.29) is 6.61 Å². The van der Waals surface area contributed by atoms with Crippen molar-refractivity contribution in [3.05, 3.63) is 35.5 Å². The van der Waals surface area contributed by atoms with Crippen LogP contribution in [-0.2, 0) is 27.5 Å². The van der Waals surface area contributed by atoms with Gasteiger partial charge in [0.15, 0.2) is 0 Å². The zero-order valence-electron chi connectivity index (χ0n) is 22.8. The summed E-state index contributed by atoms with van der Waals surface area (Å²) >= 11 is 0. The molecule has 2 aliphatic heterocycles. The lowest BCUT2D eigenvalue weighted by Crippen LogP contribution is -2.44. The van der Waals surface area contributed by atoms with Crippen LogP contribution in [0.1, 0.15) is 82.5 Å². The summed E-state index contributed by atoms with van der Waals surface area (Å²) in [4.78, 5) is 5.29. The summed E-state index contributed by atoms with van der Waals surface area (Å²) in [5.41, 5.74) is 3.84. The highest BCUT2D eigenvalue weighted by atomic mass is 32.2. The highest BCUT2D eigenvalue weighted by Crippen LogP contribution is 2.38. The molecule has 2 N–H and O–H groups in total. The lowest BCUT2D eigenvalue weighted by Gasteiger charge is -2.42. The first-order chi connectivity index (χ1) is 17.8. The molecule has 3 fully saturated rings. The SMILES string of the molecule is CC(C)[C@H]1CC[C@@H](N2CCC(n3c(CCOS(N)(=O)=O)c(CN4CCCC4)c4ccccc43)CC2)CC1. The molecule has 1 saturated carbocycles. The Bertz CT molecular complexity index is 1140. The van der Waals surface area contributed by atoms with Gasteiger partial charge in [-0.1, -0.05) is 32.0 Å². The Kier molecular flexibility index (Phi) is 8.61. The molecule has 8 heteroatoms. The van der Waals surface area contributed by atoms with Gasteiger partial charge < -0.3 is 9.47 Å². The summed E-state index contributed by atoms with van der Waals surface area (Å²) < 4.78 is 30.6. The van der Waals surface area contributed by atoms with Crippen molar-refractivity contribution in [2.75, 3.05) is 32.8 Å². The fourth-order valence-corrected chi connectivity index (χ4v) is 7.63. The topological polar surface area (TPSA) is 80.8 Å². The molecule has 1 aliphatic carbocycles. The van der Waals surface area contributed by atoms with Gasteiger partial charge in [-0.3, -0.25) is 9.08 Å². The summed E-state index contributed by atoms with van der Waals surface area (Å²) in [6.07, 6.45) is 10.8. The number of aromatic nitrogens is 1. The number of piperidine rings is 1. The average Bonchev–Trinajstić information content (AvgIpc) is 3.50. The van der Waals surface area contributed by atoms with Gasteiger partial charge in [-0.2, -0.15) is 8.42 Å². The fourth-order valence-electron chi connectivity index (χ4n) is 7.31. The van der Waals surface area contributed by atoms with Crippen molar-refractivity contribution >= 4 is 21.2 Å². The van der Waals surface area contributed by atoms with Crippen LogP contribution in [0.25, 0.3) is 10.9 Å². The third kappa shape index (κ3) is 6.41. The Morgan fingerprint density at radius 1 is 0.946 bits per heavy atom. The van der Waals surface area contributed by atoms with Crippen molar-refractivity contribution in [1.82, 2.24) is 14.4 Å². The predicted molar refractivity (Wildman–Crippen MR) is 150 cm³/mol. The van der Waals surface area contributed by atoms with Crippen LogP contribution in [0.2, 0.25) is 0 Å². The molecular formula is C29H46N4O3S. The van der Waals surface area contributed by atoms with Gasteiger partial charge in [0.2, 0.25) is 0 Å². The second kappa shape index (κ2) is 11.7. The fraction of sp³-hybridized carbons (Fsp3) is 0.724. The average molecular weight is 531 g/mol. The molecule has 0 amide bonds. The monoisotopic (exact) mass is 530 g/mol. The lowest BCUT2D eigenvalue weighted by atomic mass is 9.79. The Morgan fingerprint density at radius 2 is 1.62 bits per heavy atom. The number of rotatable bonds is 9. The van der Waals surface area contributed by atoms with Crippen molar-refractivity contribution in [3.63, 3.8) is 0 Å². The van der Waals surface area contributed by atoms with Crippen LogP contribution >= 0.6 is 0 Å². The van der Waals surface area contributed by atoms with E-state index in [0.717, 1.165) is 63.4 Å². The van der Waals surface area contributed by atoms with Crippen LogP contribution in [0.3, 0.4) is 0 Å². The van der Waals surface area contributed by atoms with Gasteiger partial charge in [0.1, 0.15) is 0 Å². The third-order valence-electron chi connectivity index (χ3n) is 9.36. The molecule has 5 rings (SSSR count). The van der Waals surface area contributed by atoms with Gasteiger partial charge in [0.25, 0.3) is 0 Å². The van der Waals surface area contributed by atoms with E-state index < -0.39 is 10.3 Å². The maximum Gasteiger partial charge on any atom is 0.333 e. The molecule has 0 unspecified atom stereocenters. The first kappa shape index (κ1) is 27.1. The molecule has 2 aromatic rings. The van der Waals surface area contributed by atoms with Crippen LogP contribution < -0.4 is 5.14 Å². The largest absolute Gasteiger partial charge is 0.341 e. The molecule has 206 valence electrons. The van der Waals surface area contributed by atoms with E-state index >= 15 is 0 Å². The Balaban J connectivity index is 1.37. The van der Waals surface area contributed by atoms with Crippen LogP contribution in [0.15, 0.2) is 24.3 Å². The number of nitrogens with zero attached hydrogens (tertiary/aromatic N) is 3. The molecule has 1 aromatic carbocycles. The molecule has 7 nitrogen and oxygen atoms in total. The van der Waals surface area contributed by atoms with Gasteiger partial charge in [-0.05, 0) is 87.9 Å². The van der Waals surface area contributed by atoms with E-state index in [9.17, 15) is 8.42 Å². The van der Waals surface area contributed by atoms with Crippen LogP contribution in [0.5, 0.6) is 0 Å². The number of para-hydroxylation sites is 1. The van der Waals surface area contributed by atoms with Gasteiger partial charge >= 0.3 is 10.3 Å². The standard InChI is InChI=1S/C29H46N4O3S/c1-22(2)23-9-11-24(12-10-23)32-18-13-25(14-19-32)33-28-8-4-3-7-26(28)27(21-31-16-5-6-17-31)29(33)15-20-36-37(30,34)35/h3-4,7-8,22-25H,5-6,9-21H2,1-2H3,(H2,30,34,35)/t23-,24+. The number of hydrogen-bond acceptors (Lipinski definition) is 5. The van der Waals surface area contributed by atoms with Gasteiger partial charge in [0.05, 0.1) is 6.61 Å². The summed E-state index contributed by atoms with van der Waals surface area (Å²) in [7, 11) is -3.95. The first-order valence-corrected chi connectivity index (χ1v) is 16.0. The molecular weight excluding hydrogens is 484 g/mol. The summed E-state index contributed by atoms with van der Waals surface area (Å²) in [6, 6.07) is 9.90. The maximum absolute atomic E-state index is 11.5. The maximum atomic E-state index is 11.5. The molecule has 2 saturated heterocycles. The van der Waals surface area contributed by atoms with Crippen molar-refractivity contribution in [3.8, 4) is 0 Å². The van der Waals surface area contributed by atoms with Crippen LogP contribution in [0, 0.1) is 11.8 Å². The molecule has 0 radical (unpaired) electrons. The number of nitrogens with two attached hydrogens (primary N) is 1. The Hall–Kier alpha value is -1.45. The normalized spacial score (nSPS) is 25.0. The van der Waals surface area contributed by atoms with Gasteiger partial charge in [-0.15, -0.1) is 0 Å². The number of fused-ring (bicyclic) bond motifs is 1. The van der Waals surface area contributed by atoms with E-state index in [1.54, 1.807) is 0 Å². The van der Waals surface area contributed by atoms with Crippen LogP contribution in [-0.4, -0.2) is 61.6 Å². The molecule has 0 bridgehead atoms. The predicted octanol–water partition coefficient (Wildman–Crippen LogP) is 4.85.